The van der Waals surface area contributed by atoms with E-state index in [2.05, 4.69) is 9.88 Å². The number of anilines is 1. The van der Waals surface area contributed by atoms with Crippen molar-refractivity contribution in [2.45, 2.75) is 31.4 Å². The first-order chi connectivity index (χ1) is 9.25. The zero-order valence-electron chi connectivity index (χ0n) is 10.8. The van der Waals surface area contributed by atoms with Gasteiger partial charge in [-0.3, -0.25) is 0 Å². The molecule has 0 bridgehead atoms. The second kappa shape index (κ2) is 5.65. The van der Waals surface area contributed by atoms with E-state index >= 15 is 0 Å². The normalized spacial score (nSPS) is 31.7. The van der Waals surface area contributed by atoms with E-state index in [0.29, 0.717) is 24.3 Å². The minimum atomic E-state index is -0.258. The van der Waals surface area contributed by atoms with Crippen molar-refractivity contribution in [3.8, 4) is 0 Å². The molecule has 5 heteroatoms. The van der Waals surface area contributed by atoms with Gasteiger partial charge in [0, 0.05) is 31.3 Å². The molecule has 0 unspecified atom stereocenters. The molecule has 1 aromatic heterocycles. The predicted octanol–water partition coefficient (Wildman–Crippen LogP) is 2.10. The molecule has 2 aliphatic rings. The van der Waals surface area contributed by atoms with Crippen molar-refractivity contribution in [3.63, 3.8) is 0 Å². The van der Waals surface area contributed by atoms with Crippen LogP contribution in [0.4, 0.5) is 5.82 Å². The summed E-state index contributed by atoms with van der Waals surface area (Å²) in [5.74, 6) is 1.14. The molecule has 3 heterocycles. The Morgan fingerprint density at radius 3 is 3.00 bits per heavy atom. The van der Waals surface area contributed by atoms with Crippen molar-refractivity contribution < 1.29 is 9.84 Å². The molecule has 0 aliphatic carbocycles. The van der Waals surface area contributed by atoms with Crippen LogP contribution in [0.2, 0.25) is 5.02 Å². The fraction of sp³-hybridized carbons (Fsp3) is 0.643. The highest BCUT2D eigenvalue weighted by molar-refractivity contribution is 6.30. The lowest BCUT2D eigenvalue weighted by atomic mass is 9.89. The van der Waals surface area contributed by atoms with Gasteiger partial charge in [-0.15, -0.1) is 0 Å². The summed E-state index contributed by atoms with van der Waals surface area (Å²) in [4.78, 5) is 6.69. The van der Waals surface area contributed by atoms with Gasteiger partial charge < -0.3 is 14.7 Å². The number of aliphatic hydroxyl groups excluding tert-OH is 1. The second-order valence-electron chi connectivity index (χ2n) is 5.33. The van der Waals surface area contributed by atoms with Crippen LogP contribution in [0.25, 0.3) is 0 Å². The fourth-order valence-electron chi connectivity index (χ4n) is 3.18. The fourth-order valence-corrected chi connectivity index (χ4v) is 3.29. The summed E-state index contributed by atoms with van der Waals surface area (Å²) in [7, 11) is 0. The average Bonchev–Trinajstić information content (AvgIpc) is 2.89. The molecule has 0 spiro atoms. The largest absolute Gasteiger partial charge is 0.393 e. The molecule has 0 aromatic carbocycles. The summed E-state index contributed by atoms with van der Waals surface area (Å²) in [6.07, 6.45) is 4.39. The van der Waals surface area contributed by atoms with E-state index in [-0.39, 0.29) is 12.0 Å². The van der Waals surface area contributed by atoms with Crippen LogP contribution in [0.1, 0.15) is 19.3 Å². The number of aromatic nitrogens is 1. The molecule has 2 fully saturated rings. The van der Waals surface area contributed by atoms with Crippen LogP contribution in [0.3, 0.4) is 0 Å². The van der Waals surface area contributed by atoms with Gasteiger partial charge in [0.2, 0.25) is 0 Å². The molecule has 0 amide bonds. The third kappa shape index (κ3) is 2.71. The Morgan fingerprint density at radius 1 is 1.37 bits per heavy atom. The Kier molecular flexibility index (Phi) is 3.91. The molecular weight excluding hydrogens is 264 g/mol. The molecule has 3 atom stereocenters. The first-order valence-electron chi connectivity index (χ1n) is 6.90. The number of hydrogen-bond acceptors (Lipinski definition) is 4. The monoisotopic (exact) mass is 282 g/mol. The molecule has 1 N–H and O–H groups in total. The third-order valence-electron chi connectivity index (χ3n) is 4.16. The maximum Gasteiger partial charge on any atom is 0.128 e. The quantitative estimate of drug-likeness (QED) is 0.902. The Bertz CT molecular complexity index is 426. The first kappa shape index (κ1) is 13.2. The third-order valence-corrected chi connectivity index (χ3v) is 4.39. The van der Waals surface area contributed by atoms with Crippen LogP contribution in [-0.4, -0.2) is 42.0 Å². The summed E-state index contributed by atoms with van der Waals surface area (Å²) in [6, 6.07) is 4.15. The Morgan fingerprint density at radius 2 is 2.26 bits per heavy atom. The van der Waals surface area contributed by atoms with Crippen LogP contribution >= 0.6 is 11.6 Å². The number of pyridine rings is 1. The van der Waals surface area contributed by atoms with E-state index in [1.165, 1.54) is 0 Å². The zero-order valence-corrected chi connectivity index (χ0v) is 11.6. The topological polar surface area (TPSA) is 45.6 Å². The molecule has 104 valence electrons. The van der Waals surface area contributed by atoms with Gasteiger partial charge in [-0.2, -0.15) is 0 Å². The van der Waals surface area contributed by atoms with E-state index in [9.17, 15) is 5.11 Å². The first-order valence-corrected chi connectivity index (χ1v) is 7.27. The minimum Gasteiger partial charge on any atom is -0.393 e. The highest BCUT2D eigenvalue weighted by atomic mass is 35.5. The molecule has 2 saturated heterocycles. The molecule has 19 heavy (non-hydrogen) atoms. The minimum absolute atomic E-state index is 0.189. The molecule has 4 nitrogen and oxygen atoms in total. The number of halogens is 1. The molecule has 2 aliphatic heterocycles. The van der Waals surface area contributed by atoms with Gasteiger partial charge in [-0.25, -0.2) is 4.98 Å². The Balaban J connectivity index is 1.79. The predicted molar refractivity (Wildman–Crippen MR) is 74.5 cm³/mol. The van der Waals surface area contributed by atoms with Gasteiger partial charge in [0.25, 0.3) is 0 Å². The highest BCUT2D eigenvalue weighted by Crippen LogP contribution is 2.32. The van der Waals surface area contributed by atoms with Crippen molar-refractivity contribution >= 4 is 17.4 Å². The average molecular weight is 283 g/mol. The zero-order chi connectivity index (χ0) is 13.2. The number of hydrogen-bond donors (Lipinski definition) is 1. The molecule has 0 saturated carbocycles. The van der Waals surface area contributed by atoms with Crippen LogP contribution in [0, 0.1) is 5.92 Å². The number of aliphatic hydroxyl groups is 1. The van der Waals surface area contributed by atoms with Crippen molar-refractivity contribution in [2.24, 2.45) is 5.92 Å². The summed E-state index contributed by atoms with van der Waals surface area (Å²) in [6.45, 7) is 2.31. The maximum atomic E-state index is 10.2. The Hall–Kier alpha value is -0.840. The lowest BCUT2D eigenvalue weighted by Crippen LogP contribution is -2.46. The van der Waals surface area contributed by atoms with E-state index in [1.54, 1.807) is 6.20 Å². The molecule has 0 radical (unpaired) electrons. The van der Waals surface area contributed by atoms with E-state index in [0.717, 1.165) is 31.6 Å². The lowest BCUT2D eigenvalue weighted by molar-refractivity contribution is -0.0438. The Labute approximate surface area is 118 Å². The summed E-state index contributed by atoms with van der Waals surface area (Å²) in [5, 5.41) is 10.8. The van der Waals surface area contributed by atoms with Crippen LogP contribution < -0.4 is 4.90 Å². The highest BCUT2D eigenvalue weighted by Gasteiger charge is 2.38. The van der Waals surface area contributed by atoms with E-state index < -0.39 is 0 Å². The van der Waals surface area contributed by atoms with Gasteiger partial charge in [-0.1, -0.05) is 11.6 Å². The summed E-state index contributed by atoms with van der Waals surface area (Å²) < 4.78 is 5.54. The second-order valence-corrected chi connectivity index (χ2v) is 5.77. The molecule has 3 rings (SSSR count). The lowest BCUT2D eigenvalue weighted by Gasteiger charge is -2.37. The van der Waals surface area contributed by atoms with Gasteiger partial charge in [0.15, 0.2) is 0 Å². The van der Waals surface area contributed by atoms with Crippen molar-refractivity contribution in [1.82, 2.24) is 4.98 Å². The molecule has 1 aromatic rings. The standard InChI is InChI=1S/C14H19ClN2O2/c15-10-3-4-14(16-8-10)17-6-1-2-12(17)11-9-19-7-5-13(11)18/h3-4,8,11-13,18H,1-2,5-7,9H2/t11-,12-,13-/m1/s1. The number of rotatable bonds is 2. The maximum absolute atomic E-state index is 10.2. The van der Waals surface area contributed by atoms with Gasteiger partial charge >= 0.3 is 0 Å². The molecular formula is C14H19ClN2O2. The van der Waals surface area contributed by atoms with Crippen molar-refractivity contribution in [1.29, 1.82) is 0 Å². The van der Waals surface area contributed by atoms with Crippen molar-refractivity contribution in [3.05, 3.63) is 23.4 Å². The number of ether oxygens (including phenoxy) is 1. The van der Waals surface area contributed by atoms with Gasteiger partial charge in [-0.05, 0) is 31.4 Å². The van der Waals surface area contributed by atoms with Crippen LogP contribution in [0.5, 0.6) is 0 Å². The number of nitrogens with zero attached hydrogens (tertiary/aromatic N) is 2. The van der Waals surface area contributed by atoms with Crippen molar-refractivity contribution in [2.75, 3.05) is 24.7 Å². The summed E-state index contributed by atoms with van der Waals surface area (Å²) in [5.41, 5.74) is 0. The van der Waals surface area contributed by atoms with Crippen LogP contribution in [-0.2, 0) is 4.74 Å². The van der Waals surface area contributed by atoms with Gasteiger partial charge in [0.1, 0.15) is 5.82 Å². The van der Waals surface area contributed by atoms with Crippen LogP contribution in [0.15, 0.2) is 18.3 Å². The van der Waals surface area contributed by atoms with E-state index in [4.69, 9.17) is 16.3 Å². The summed E-state index contributed by atoms with van der Waals surface area (Å²) >= 11 is 5.89. The SMILES string of the molecule is O[C@@H]1CCOC[C@@H]1[C@H]1CCCN1c1ccc(Cl)cn1. The van der Waals surface area contributed by atoms with E-state index in [1.807, 2.05) is 12.1 Å². The van der Waals surface area contributed by atoms with Gasteiger partial charge in [0.05, 0.1) is 17.7 Å². The smallest absolute Gasteiger partial charge is 0.128 e.